The van der Waals surface area contributed by atoms with Crippen LogP contribution in [0.25, 0.3) is 16.6 Å². The number of para-hydroxylation sites is 1. The molecule has 1 heterocycles. The number of carbonyl (C=O) groups is 1. The third-order valence-corrected chi connectivity index (χ3v) is 4.41. The summed E-state index contributed by atoms with van der Waals surface area (Å²) < 4.78 is 7.01. The highest BCUT2D eigenvalue weighted by Crippen LogP contribution is 2.24. The first kappa shape index (κ1) is 16.8. The molecule has 0 saturated carbocycles. The normalized spacial score (nSPS) is 10.7. The Morgan fingerprint density at radius 2 is 1.78 bits per heavy atom. The predicted molar refractivity (Wildman–Crippen MR) is 107 cm³/mol. The van der Waals surface area contributed by atoms with Gasteiger partial charge in [-0.2, -0.15) is 5.10 Å². The molecule has 0 fully saturated rings. The van der Waals surface area contributed by atoms with Crippen LogP contribution in [-0.2, 0) is 0 Å². The van der Waals surface area contributed by atoms with Crippen LogP contribution in [-0.4, -0.2) is 22.8 Å². The Morgan fingerprint density at radius 1 is 1.00 bits per heavy atom. The fourth-order valence-electron chi connectivity index (χ4n) is 3.01. The molecular formula is C22H19N3O2. The molecule has 1 N–H and O–H groups in total. The minimum absolute atomic E-state index is 0.259. The number of anilines is 1. The van der Waals surface area contributed by atoms with Crippen molar-refractivity contribution >= 4 is 22.5 Å². The molecule has 1 amide bonds. The number of hydrogen-bond donors (Lipinski definition) is 1. The second kappa shape index (κ2) is 6.96. The van der Waals surface area contributed by atoms with Crippen LogP contribution < -0.4 is 10.1 Å². The Hall–Kier alpha value is -3.60. The van der Waals surface area contributed by atoms with Gasteiger partial charge in [-0.3, -0.25) is 4.79 Å². The van der Waals surface area contributed by atoms with E-state index in [1.165, 1.54) is 5.56 Å². The van der Waals surface area contributed by atoms with E-state index in [9.17, 15) is 4.79 Å². The zero-order chi connectivity index (χ0) is 18.8. The lowest BCUT2D eigenvalue weighted by Gasteiger charge is -2.06. The number of aryl methyl sites for hydroxylation is 1. The number of rotatable bonds is 4. The number of hydrogen-bond acceptors (Lipinski definition) is 3. The largest absolute Gasteiger partial charge is 0.497 e. The molecular weight excluding hydrogens is 338 g/mol. The number of aromatic nitrogens is 2. The van der Waals surface area contributed by atoms with Gasteiger partial charge in [0, 0.05) is 17.1 Å². The number of carbonyl (C=O) groups excluding carboxylic acids is 1. The van der Waals surface area contributed by atoms with E-state index in [-0.39, 0.29) is 5.91 Å². The van der Waals surface area contributed by atoms with Crippen LogP contribution in [0.2, 0.25) is 0 Å². The van der Waals surface area contributed by atoms with Crippen LogP contribution in [0, 0.1) is 6.92 Å². The summed E-state index contributed by atoms with van der Waals surface area (Å²) in [6.45, 7) is 2.04. The van der Waals surface area contributed by atoms with Crippen LogP contribution in [0.5, 0.6) is 5.75 Å². The van der Waals surface area contributed by atoms with E-state index < -0.39 is 0 Å². The summed E-state index contributed by atoms with van der Waals surface area (Å²) in [4.78, 5) is 12.9. The van der Waals surface area contributed by atoms with Gasteiger partial charge >= 0.3 is 0 Å². The smallest absolute Gasteiger partial charge is 0.276 e. The maximum Gasteiger partial charge on any atom is 0.276 e. The van der Waals surface area contributed by atoms with Gasteiger partial charge in [0.1, 0.15) is 5.75 Å². The van der Waals surface area contributed by atoms with Crippen LogP contribution in [0.1, 0.15) is 16.1 Å². The molecule has 0 radical (unpaired) electrons. The average Bonchev–Trinajstić information content (AvgIpc) is 3.09. The Bertz CT molecular complexity index is 1110. The summed E-state index contributed by atoms with van der Waals surface area (Å²) in [5, 5.41) is 8.31. The Balaban J connectivity index is 1.75. The van der Waals surface area contributed by atoms with Crippen molar-refractivity contribution in [2.24, 2.45) is 0 Å². The van der Waals surface area contributed by atoms with E-state index in [2.05, 4.69) is 10.4 Å². The van der Waals surface area contributed by atoms with E-state index in [4.69, 9.17) is 4.74 Å². The van der Waals surface area contributed by atoms with Gasteiger partial charge in [0.15, 0.2) is 5.69 Å². The Kier molecular flexibility index (Phi) is 4.34. The van der Waals surface area contributed by atoms with Crippen LogP contribution in [0.4, 0.5) is 5.69 Å². The SMILES string of the molecule is COc1cccc(NC(=O)c2nn(-c3ccc(C)cc3)c3ccccc23)c1. The van der Waals surface area contributed by atoms with Crippen molar-refractivity contribution < 1.29 is 9.53 Å². The van der Waals surface area contributed by atoms with Crippen LogP contribution >= 0.6 is 0 Å². The molecule has 0 atom stereocenters. The van der Waals surface area contributed by atoms with Crippen molar-refractivity contribution in [3.8, 4) is 11.4 Å². The predicted octanol–water partition coefficient (Wildman–Crippen LogP) is 4.59. The van der Waals surface area contributed by atoms with E-state index in [1.807, 2.05) is 73.7 Å². The minimum Gasteiger partial charge on any atom is -0.497 e. The number of amides is 1. The third kappa shape index (κ3) is 3.27. The monoisotopic (exact) mass is 357 g/mol. The molecule has 0 aliphatic rings. The van der Waals surface area contributed by atoms with Gasteiger partial charge in [-0.15, -0.1) is 0 Å². The van der Waals surface area contributed by atoms with E-state index >= 15 is 0 Å². The summed E-state index contributed by atoms with van der Waals surface area (Å²) in [6, 6.07) is 23.0. The fraction of sp³-hybridized carbons (Fsp3) is 0.0909. The number of nitrogens with zero attached hydrogens (tertiary/aromatic N) is 2. The number of fused-ring (bicyclic) bond motifs is 1. The average molecular weight is 357 g/mol. The first-order chi connectivity index (χ1) is 13.2. The first-order valence-electron chi connectivity index (χ1n) is 8.66. The molecule has 5 nitrogen and oxygen atoms in total. The molecule has 0 spiro atoms. The molecule has 0 saturated heterocycles. The van der Waals surface area contributed by atoms with E-state index in [0.717, 1.165) is 16.6 Å². The first-order valence-corrected chi connectivity index (χ1v) is 8.66. The molecule has 27 heavy (non-hydrogen) atoms. The molecule has 4 rings (SSSR count). The number of benzene rings is 3. The highest BCUT2D eigenvalue weighted by Gasteiger charge is 2.18. The standard InChI is InChI=1S/C22H19N3O2/c1-15-10-12-17(13-11-15)25-20-9-4-3-8-19(20)21(24-25)22(26)23-16-6-5-7-18(14-16)27-2/h3-14H,1-2H3,(H,23,26). The van der Waals surface area contributed by atoms with Crippen molar-refractivity contribution in [1.82, 2.24) is 9.78 Å². The van der Waals surface area contributed by atoms with Crippen LogP contribution in [0.15, 0.2) is 72.8 Å². The minimum atomic E-state index is -0.259. The maximum absolute atomic E-state index is 12.9. The quantitative estimate of drug-likeness (QED) is 0.581. The highest BCUT2D eigenvalue weighted by atomic mass is 16.5. The van der Waals surface area contributed by atoms with Gasteiger partial charge in [-0.25, -0.2) is 4.68 Å². The Labute approximate surface area is 157 Å². The molecule has 0 unspecified atom stereocenters. The topological polar surface area (TPSA) is 56.1 Å². The molecule has 0 bridgehead atoms. The van der Waals surface area contributed by atoms with Gasteiger partial charge in [-0.05, 0) is 37.3 Å². The van der Waals surface area contributed by atoms with E-state index in [1.54, 1.807) is 17.9 Å². The molecule has 0 aliphatic heterocycles. The summed E-state index contributed by atoms with van der Waals surface area (Å²) in [5.74, 6) is 0.424. The summed E-state index contributed by atoms with van der Waals surface area (Å²) in [7, 11) is 1.59. The summed E-state index contributed by atoms with van der Waals surface area (Å²) in [5.41, 5.74) is 4.02. The lowest BCUT2D eigenvalue weighted by atomic mass is 10.2. The second-order valence-electron chi connectivity index (χ2n) is 6.30. The summed E-state index contributed by atoms with van der Waals surface area (Å²) >= 11 is 0. The van der Waals surface area contributed by atoms with Crippen LogP contribution in [0.3, 0.4) is 0 Å². The zero-order valence-electron chi connectivity index (χ0n) is 15.1. The third-order valence-electron chi connectivity index (χ3n) is 4.41. The van der Waals surface area contributed by atoms with Crippen molar-refractivity contribution in [3.05, 3.63) is 84.1 Å². The van der Waals surface area contributed by atoms with Crippen molar-refractivity contribution in [2.75, 3.05) is 12.4 Å². The zero-order valence-corrected chi connectivity index (χ0v) is 15.1. The van der Waals surface area contributed by atoms with Crippen molar-refractivity contribution in [1.29, 1.82) is 0 Å². The van der Waals surface area contributed by atoms with Crippen molar-refractivity contribution in [2.45, 2.75) is 6.92 Å². The molecule has 1 aromatic heterocycles. The number of ether oxygens (including phenoxy) is 1. The molecule has 134 valence electrons. The fourth-order valence-corrected chi connectivity index (χ4v) is 3.01. The highest BCUT2D eigenvalue weighted by molar-refractivity contribution is 6.11. The second-order valence-corrected chi connectivity index (χ2v) is 6.30. The van der Waals surface area contributed by atoms with Crippen molar-refractivity contribution in [3.63, 3.8) is 0 Å². The molecule has 0 aliphatic carbocycles. The lowest BCUT2D eigenvalue weighted by molar-refractivity contribution is 0.102. The van der Waals surface area contributed by atoms with Gasteiger partial charge in [0.25, 0.3) is 5.91 Å². The molecule has 3 aromatic carbocycles. The number of nitrogens with one attached hydrogen (secondary N) is 1. The molecule has 5 heteroatoms. The molecule has 4 aromatic rings. The lowest BCUT2D eigenvalue weighted by Crippen LogP contribution is -2.13. The maximum atomic E-state index is 12.9. The number of methoxy groups -OCH3 is 1. The van der Waals surface area contributed by atoms with Gasteiger partial charge in [0.05, 0.1) is 18.3 Å². The van der Waals surface area contributed by atoms with Gasteiger partial charge in [0.2, 0.25) is 0 Å². The summed E-state index contributed by atoms with van der Waals surface area (Å²) in [6.07, 6.45) is 0. The Morgan fingerprint density at radius 3 is 2.56 bits per heavy atom. The van der Waals surface area contributed by atoms with Gasteiger partial charge < -0.3 is 10.1 Å². The van der Waals surface area contributed by atoms with E-state index in [0.29, 0.717) is 17.1 Å². The van der Waals surface area contributed by atoms with Gasteiger partial charge in [-0.1, -0.05) is 42.0 Å².